The number of phenolic OH excluding ortho intramolecular Hbond substituents is 1. The minimum atomic E-state index is -0.829. The molecule has 0 aliphatic carbocycles. The van der Waals surface area contributed by atoms with Gasteiger partial charge in [0.2, 0.25) is 0 Å². The van der Waals surface area contributed by atoms with Gasteiger partial charge in [-0.3, -0.25) is 9.69 Å². The van der Waals surface area contributed by atoms with Gasteiger partial charge in [-0.1, -0.05) is 6.07 Å². The molecule has 1 fully saturated rings. The summed E-state index contributed by atoms with van der Waals surface area (Å²) in [6, 6.07) is 4.60. The fourth-order valence-corrected chi connectivity index (χ4v) is 2.25. The number of phenols is 1. The van der Waals surface area contributed by atoms with E-state index in [1.54, 1.807) is 12.1 Å². The van der Waals surface area contributed by atoms with Crippen molar-refractivity contribution in [3.8, 4) is 11.5 Å². The van der Waals surface area contributed by atoms with Crippen LogP contribution in [0.1, 0.15) is 5.56 Å². The predicted molar refractivity (Wildman–Crippen MR) is 69.4 cm³/mol. The highest BCUT2D eigenvalue weighted by atomic mass is 16.5. The maximum Gasteiger partial charge on any atom is 0.322 e. The summed E-state index contributed by atoms with van der Waals surface area (Å²) in [7, 11) is 1.49. The Morgan fingerprint density at radius 2 is 2.37 bits per heavy atom. The number of ether oxygens (including phenoxy) is 1. The summed E-state index contributed by atoms with van der Waals surface area (Å²) in [5.74, 6) is -0.342. The number of rotatable bonds is 4. The van der Waals surface area contributed by atoms with Crippen molar-refractivity contribution in [3.63, 3.8) is 0 Å². The lowest BCUT2D eigenvalue weighted by Crippen LogP contribution is -2.54. The van der Waals surface area contributed by atoms with E-state index in [0.29, 0.717) is 25.4 Å². The highest BCUT2D eigenvalue weighted by Crippen LogP contribution is 2.27. The molecule has 0 bridgehead atoms. The SMILES string of the molecule is COc1ccc(CN2CCNCC2C(=O)O)cc1O. The molecule has 1 aliphatic rings. The molecule has 1 saturated heterocycles. The molecule has 1 unspecified atom stereocenters. The molecule has 1 aromatic rings. The van der Waals surface area contributed by atoms with E-state index in [2.05, 4.69) is 5.32 Å². The van der Waals surface area contributed by atoms with Gasteiger partial charge in [0.15, 0.2) is 11.5 Å². The zero-order valence-corrected chi connectivity index (χ0v) is 10.8. The zero-order valence-electron chi connectivity index (χ0n) is 10.8. The Kier molecular flexibility index (Phi) is 4.24. The van der Waals surface area contributed by atoms with Crippen molar-refractivity contribution < 1.29 is 19.7 Å². The van der Waals surface area contributed by atoms with Crippen LogP contribution in [0.2, 0.25) is 0 Å². The quantitative estimate of drug-likeness (QED) is 0.725. The average molecular weight is 266 g/mol. The minimum absolute atomic E-state index is 0.0713. The number of piperazine rings is 1. The molecule has 0 aromatic heterocycles. The van der Waals surface area contributed by atoms with Gasteiger partial charge in [0.25, 0.3) is 0 Å². The van der Waals surface area contributed by atoms with Crippen molar-refractivity contribution in [1.82, 2.24) is 10.2 Å². The Hall–Kier alpha value is -1.79. The number of nitrogens with zero attached hydrogens (tertiary/aromatic N) is 1. The van der Waals surface area contributed by atoms with Gasteiger partial charge in [-0.15, -0.1) is 0 Å². The molecule has 1 heterocycles. The maximum atomic E-state index is 11.2. The lowest BCUT2D eigenvalue weighted by molar-refractivity contribution is -0.144. The number of benzene rings is 1. The summed E-state index contributed by atoms with van der Waals surface area (Å²) in [6.07, 6.45) is 0. The number of carboxylic acid groups (broad SMARTS) is 1. The first-order valence-electron chi connectivity index (χ1n) is 6.15. The summed E-state index contributed by atoms with van der Waals surface area (Å²) in [5.41, 5.74) is 0.867. The zero-order chi connectivity index (χ0) is 13.8. The van der Waals surface area contributed by atoms with Crippen LogP contribution in [0.15, 0.2) is 18.2 Å². The Bertz CT molecular complexity index is 464. The Labute approximate surface area is 111 Å². The lowest BCUT2D eigenvalue weighted by atomic mass is 10.1. The van der Waals surface area contributed by atoms with Gasteiger partial charge in [-0.25, -0.2) is 0 Å². The second kappa shape index (κ2) is 5.90. The Balaban J connectivity index is 2.10. The second-order valence-electron chi connectivity index (χ2n) is 4.53. The molecule has 2 rings (SSSR count). The first-order chi connectivity index (χ1) is 9.11. The number of aromatic hydroxyl groups is 1. The standard InChI is InChI=1S/C13H18N2O4/c1-19-12-3-2-9(6-11(12)16)8-15-5-4-14-7-10(15)13(17)18/h2-3,6,10,14,16H,4-5,7-8H2,1H3,(H,17,18). The molecule has 104 valence electrons. The van der Waals surface area contributed by atoms with E-state index >= 15 is 0 Å². The van der Waals surface area contributed by atoms with Crippen molar-refractivity contribution >= 4 is 5.97 Å². The van der Waals surface area contributed by atoms with Gasteiger partial charge >= 0.3 is 5.97 Å². The minimum Gasteiger partial charge on any atom is -0.504 e. The van der Waals surface area contributed by atoms with Gasteiger partial charge in [0.05, 0.1) is 7.11 Å². The molecule has 0 saturated carbocycles. The van der Waals surface area contributed by atoms with E-state index < -0.39 is 12.0 Å². The van der Waals surface area contributed by atoms with Gasteiger partial charge in [-0.2, -0.15) is 0 Å². The monoisotopic (exact) mass is 266 g/mol. The van der Waals surface area contributed by atoms with Crippen LogP contribution in [0.5, 0.6) is 11.5 Å². The third-order valence-electron chi connectivity index (χ3n) is 3.27. The number of methoxy groups -OCH3 is 1. The van der Waals surface area contributed by atoms with E-state index in [0.717, 1.165) is 12.1 Å². The van der Waals surface area contributed by atoms with Gasteiger partial charge in [-0.05, 0) is 17.7 Å². The van der Waals surface area contributed by atoms with E-state index in [9.17, 15) is 15.0 Å². The van der Waals surface area contributed by atoms with Crippen molar-refractivity contribution in [1.29, 1.82) is 0 Å². The number of nitrogens with one attached hydrogen (secondary N) is 1. The van der Waals surface area contributed by atoms with Crippen molar-refractivity contribution in [2.75, 3.05) is 26.7 Å². The second-order valence-corrected chi connectivity index (χ2v) is 4.53. The van der Waals surface area contributed by atoms with Crippen LogP contribution in [0.25, 0.3) is 0 Å². The van der Waals surface area contributed by atoms with Crippen LogP contribution >= 0.6 is 0 Å². The first kappa shape index (κ1) is 13.6. The summed E-state index contributed by atoms with van der Waals surface area (Å²) in [6.45, 7) is 2.38. The smallest absolute Gasteiger partial charge is 0.322 e. The molecule has 19 heavy (non-hydrogen) atoms. The summed E-state index contributed by atoms with van der Waals surface area (Å²) < 4.78 is 4.98. The van der Waals surface area contributed by atoms with Gasteiger partial charge in [0.1, 0.15) is 6.04 Å². The Morgan fingerprint density at radius 3 is 3.00 bits per heavy atom. The van der Waals surface area contributed by atoms with E-state index in [-0.39, 0.29) is 5.75 Å². The average Bonchev–Trinajstić information content (AvgIpc) is 2.39. The lowest BCUT2D eigenvalue weighted by Gasteiger charge is -2.33. The molecule has 1 aliphatic heterocycles. The first-order valence-corrected chi connectivity index (χ1v) is 6.15. The number of hydrogen-bond donors (Lipinski definition) is 3. The number of carboxylic acids is 1. The molecule has 0 radical (unpaired) electrons. The molecule has 1 atom stereocenters. The van der Waals surface area contributed by atoms with Crippen LogP contribution in [-0.2, 0) is 11.3 Å². The topological polar surface area (TPSA) is 82.0 Å². The molecule has 0 amide bonds. The third kappa shape index (κ3) is 3.15. The van der Waals surface area contributed by atoms with E-state index in [1.165, 1.54) is 7.11 Å². The van der Waals surface area contributed by atoms with Crippen LogP contribution in [0, 0.1) is 0 Å². The number of carbonyl (C=O) groups is 1. The Morgan fingerprint density at radius 1 is 1.58 bits per heavy atom. The summed E-state index contributed by atoms with van der Waals surface area (Å²) in [4.78, 5) is 13.1. The van der Waals surface area contributed by atoms with Crippen LogP contribution in [0.4, 0.5) is 0 Å². The number of aliphatic carboxylic acids is 1. The normalized spacial score (nSPS) is 20.2. The van der Waals surface area contributed by atoms with Gasteiger partial charge in [0, 0.05) is 26.2 Å². The molecule has 3 N–H and O–H groups in total. The largest absolute Gasteiger partial charge is 0.504 e. The molecule has 6 heteroatoms. The predicted octanol–water partition coefficient (Wildman–Crippen LogP) is 0.259. The molecular weight excluding hydrogens is 248 g/mol. The molecule has 0 spiro atoms. The van der Waals surface area contributed by atoms with Gasteiger partial charge < -0.3 is 20.3 Å². The van der Waals surface area contributed by atoms with Crippen LogP contribution in [0.3, 0.4) is 0 Å². The van der Waals surface area contributed by atoms with E-state index in [1.807, 2.05) is 11.0 Å². The fraction of sp³-hybridized carbons (Fsp3) is 0.462. The van der Waals surface area contributed by atoms with Crippen LogP contribution in [-0.4, -0.2) is 53.9 Å². The highest BCUT2D eigenvalue weighted by Gasteiger charge is 2.28. The fourth-order valence-electron chi connectivity index (χ4n) is 2.25. The van der Waals surface area contributed by atoms with Crippen molar-refractivity contribution in [2.24, 2.45) is 0 Å². The summed E-state index contributed by atoms with van der Waals surface area (Å²) >= 11 is 0. The van der Waals surface area contributed by atoms with Crippen molar-refractivity contribution in [3.05, 3.63) is 23.8 Å². The molecule has 6 nitrogen and oxygen atoms in total. The van der Waals surface area contributed by atoms with Crippen molar-refractivity contribution in [2.45, 2.75) is 12.6 Å². The summed E-state index contributed by atoms with van der Waals surface area (Å²) in [5, 5.41) is 22.0. The highest BCUT2D eigenvalue weighted by molar-refractivity contribution is 5.74. The maximum absolute atomic E-state index is 11.2. The van der Waals surface area contributed by atoms with Crippen LogP contribution < -0.4 is 10.1 Å². The molecular formula is C13H18N2O4. The number of hydrogen-bond acceptors (Lipinski definition) is 5. The molecule has 1 aromatic carbocycles. The van der Waals surface area contributed by atoms with E-state index in [4.69, 9.17) is 4.74 Å². The third-order valence-corrected chi connectivity index (χ3v) is 3.27.